The molecular formula is C21H25ClN2O2. The number of nitrogens with zero attached hydrogens (tertiary/aromatic N) is 2. The van der Waals surface area contributed by atoms with E-state index in [-0.39, 0.29) is 18.4 Å². The fourth-order valence-corrected chi connectivity index (χ4v) is 3.06. The van der Waals surface area contributed by atoms with Crippen LogP contribution >= 0.6 is 11.6 Å². The molecule has 0 aromatic heterocycles. The Balaban J connectivity index is 2.05. The van der Waals surface area contributed by atoms with Crippen LogP contribution in [0.4, 0.5) is 5.69 Å². The molecule has 0 radical (unpaired) electrons. The molecule has 0 aliphatic rings. The molecule has 26 heavy (non-hydrogen) atoms. The van der Waals surface area contributed by atoms with E-state index >= 15 is 0 Å². The predicted molar refractivity (Wildman–Crippen MR) is 107 cm³/mol. The first-order valence-corrected chi connectivity index (χ1v) is 9.15. The van der Waals surface area contributed by atoms with Gasteiger partial charge in [-0.1, -0.05) is 35.9 Å². The van der Waals surface area contributed by atoms with Crippen LogP contribution in [0.25, 0.3) is 0 Å². The van der Waals surface area contributed by atoms with E-state index in [0.717, 1.165) is 16.8 Å². The van der Waals surface area contributed by atoms with Crippen molar-refractivity contribution < 1.29 is 9.59 Å². The molecule has 0 N–H and O–H groups in total. The zero-order valence-electron chi connectivity index (χ0n) is 15.5. The van der Waals surface area contributed by atoms with Crippen LogP contribution in [-0.2, 0) is 16.0 Å². The van der Waals surface area contributed by atoms with Gasteiger partial charge in [0.05, 0.1) is 0 Å². The molecule has 2 rings (SSSR count). The van der Waals surface area contributed by atoms with E-state index in [1.54, 1.807) is 9.80 Å². The second-order valence-corrected chi connectivity index (χ2v) is 6.73. The Kier molecular flexibility index (Phi) is 7.22. The molecule has 0 spiro atoms. The molecule has 2 amide bonds. The third kappa shape index (κ3) is 5.60. The number of halogens is 1. The molecule has 0 heterocycles. The van der Waals surface area contributed by atoms with Crippen LogP contribution in [0.3, 0.4) is 0 Å². The fraction of sp³-hybridized carbons (Fsp3) is 0.333. The van der Waals surface area contributed by atoms with Gasteiger partial charge in [0.2, 0.25) is 11.8 Å². The fourth-order valence-electron chi connectivity index (χ4n) is 2.85. The molecule has 2 aromatic carbocycles. The summed E-state index contributed by atoms with van der Waals surface area (Å²) in [5, 5.41) is 0.671. The van der Waals surface area contributed by atoms with Crippen LogP contribution < -0.4 is 4.90 Å². The molecular weight excluding hydrogens is 348 g/mol. The van der Waals surface area contributed by atoms with Gasteiger partial charge in [-0.2, -0.15) is 0 Å². The molecule has 4 nitrogen and oxygen atoms in total. The third-order valence-corrected chi connectivity index (χ3v) is 4.50. The van der Waals surface area contributed by atoms with Crippen molar-refractivity contribution in [1.29, 1.82) is 0 Å². The smallest absolute Gasteiger partial charge is 0.246 e. The van der Waals surface area contributed by atoms with Gasteiger partial charge in [0.25, 0.3) is 0 Å². The van der Waals surface area contributed by atoms with E-state index in [9.17, 15) is 9.59 Å². The first kappa shape index (κ1) is 20.0. The third-order valence-electron chi connectivity index (χ3n) is 4.26. The number of carbonyl (C=O) groups is 2. The van der Waals surface area contributed by atoms with E-state index < -0.39 is 0 Å². The van der Waals surface area contributed by atoms with Gasteiger partial charge < -0.3 is 9.80 Å². The van der Waals surface area contributed by atoms with Crippen molar-refractivity contribution in [3.63, 3.8) is 0 Å². The van der Waals surface area contributed by atoms with Gasteiger partial charge in [-0.25, -0.2) is 0 Å². The van der Waals surface area contributed by atoms with Crippen LogP contribution in [0, 0.1) is 6.92 Å². The number of amides is 2. The summed E-state index contributed by atoms with van der Waals surface area (Å²) in [7, 11) is 0. The minimum atomic E-state index is -0.110. The number of likely N-dealkylation sites (N-methyl/N-ethyl adjacent to an activating group) is 1. The summed E-state index contributed by atoms with van der Waals surface area (Å²) in [6, 6.07) is 15.4. The Labute approximate surface area is 160 Å². The minimum absolute atomic E-state index is 0.0671. The number of anilines is 1. The molecule has 2 aromatic rings. The van der Waals surface area contributed by atoms with Crippen molar-refractivity contribution in [2.75, 3.05) is 24.5 Å². The first-order chi connectivity index (χ1) is 12.4. The largest absolute Gasteiger partial charge is 0.333 e. The Morgan fingerprint density at radius 2 is 1.81 bits per heavy atom. The van der Waals surface area contributed by atoms with E-state index in [1.165, 1.54) is 6.92 Å². The molecule has 5 heteroatoms. The van der Waals surface area contributed by atoms with Crippen LogP contribution in [-0.4, -0.2) is 36.3 Å². The van der Waals surface area contributed by atoms with Crippen molar-refractivity contribution in [1.82, 2.24) is 4.90 Å². The highest BCUT2D eigenvalue weighted by Gasteiger charge is 2.19. The SMILES string of the molecule is CCN(C(=O)CN(CCc1cccc(Cl)c1)C(C)=O)c1cccc(C)c1. The van der Waals surface area contributed by atoms with Crippen LogP contribution in [0.2, 0.25) is 5.02 Å². The minimum Gasteiger partial charge on any atom is -0.333 e. The lowest BCUT2D eigenvalue weighted by molar-refractivity contribution is -0.133. The number of aryl methyl sites for hydroxylation is 1. The average Bonchev–Trinajstić information content (AvgIpc) is 2.59. The van der Waals surface area contributed by atoms with Gasteiger partial charge in [-0.05, 0) is 55.7 Å². The van der Waals surface area contributed by atoms with Crippen LogP contribution in [0.1, 0.15) is 25.0 Å². The summed E-state index contributed by atoms with van der Waals surface area (Å²) in [4.78, 5) is 28.1. The van der Waals surface area contributed by atoms with Crippen molar-refractivity contribution in [2.45, 2.75) is 27.2 Å². The summed E-state index contributed by atoms with van der Waals surface area (Å²) >= 11 is 6.01. The number of hydrogen-bond acceptors (Lipinski definition) is 2. The first-order valence-electron chi connectivity index (χ1n) is 8.77. The number of carbonyl (C=O) groups excluding carboxylic acids is 2. The van der Waals surface area contributed by atoms with Gasteiger partial charge in [-0.3, -0.25) is 9.59 Å². The van der Waals surface area contributed by atoms with Gasteiger partial charge in [0.1, 0.15) is 6.54 Å². The monoisotopic (exact) mass is 372 g/mol. The van der Waals surface area contributed by atoms with E-state index in [4.69, 9.17) is 11.6 Å². The lowest BCUT2D eigenvalue weighted by Crippen LogP contribution is -2.43. The lowest BCUT2D eigenvalue weighted by atomic mass is 10.1. The average molecular weight is 373 g/mol. The molecule has 0 bridgehead atoms. The van der Waals surface area contributed by atoms with E-state index in [1.807, 2.05) is 62.4 Å². The molecule has 0 aliphatic heterocycles. The van der Waals surface area contributed by atoms with Crippen LogP contribution in [0.5, 0.6) is 0 Å². The highest BCUT2D eigenvalue weighted by Crippen LogP contribution is 2.17. The van der Waals surface area contributed by atoms with Crippen molar-refractivity contribution in [3.8, 4) is 0 Å². The molecule has 0 saturated heterocycles. The second kappa shape index (κ2) is 9.39. The summed E-state index contributed by atoms with van der Waals surface area (Å²) in [5.41, 5.74) is 3.00. The van der Waals surface area contributed by atoms with Gasteiger partial charge in [0, 0.05) is 30.7 Å². The summed E-state index contributed by atoms with van der Waals surface area (Å²) in [6.07, 6.45) is 0.657. The van der Waals surface area contributed by atoms with Gasteiger partial charge >= 0.3 is 0 Å². The molecule has 0 atom stereocenters. The van der Waals surface area contributed by atoms with Crippen molar-refractivity contribution in [3.05, 3.63) is 64.7 Å². The Morgan fingerprint density at radius 1 is 1.08 bits per heavy atom. The standard InChI is InChI=1S/C21H25ClN2O2/c1-4-24(20-10-5-7-16(2)13-20)21(26)15-23(17(3)25)12-11-18-8-6-9-19(22)14-18/h5-10,13-14H,4,11-12,15H2,1-3H3. The topological polar surface area (TPSA) is 40.6 Å². The molecule has 0 unspecified atom stereocenters. The predicted octanol–water partition coefficient (Wildman–Crippen LogP) is 4.09. The molecule has 0 saturated carbocycles. The number of hydrogen-bond donors (Lipinski definition) is 0. The van der Waals surface area contributed by atoms with Crippen LogP contribution in [0.15, 0.2) is 48.5 Å². The molecule has 138 valence electrons. The zero-order chi connectivity index (χ0) is 19.1. The highest BCUT2D eigenvalue weighted by molar-refractivity contribution is 6.30. The Hall–Kier alpha value is -2.33. The van der Waals surface area contributed by atoms with E-state index in [2.05, 4.69) is 0 Å². The van der Waals surface area contributed by atoms with Gasteiger partial charge in [0.15, 0.2) is 0 Å². The van der Waals surface area contributed by atoms with Crippen molar-refractivity contribution in [2.24, 2.45) is 0 Å². The number of rotatable bonds is 7. The summed E-state index contributed by atoms with van der Waals surface area (Å²) < 4.78 is 0. The maximum Gasteiger partial charge on any atom is 0.246 e. The normalized spacial score (nSPS) is 10.5. The molecule has 0 fully saturated rings. The second-order valence-electron chi connectivity index (χ2n) is 6.30. The quantitative estimate of drug-likeness (QED) is 0.734. The zero-order valence-corrected chi connectivity index (χ0v) is 16.3. The highest BCUT2D eigenvalue weighted by atomic mass is 35.5. The maximum atomic E-state index is 12.8. The molecule has 0 aliphatic carbocycles. The Morgan fingerprint density at radius 3 is 2.42 bits per heavy atom. The van der Waals surface area contributed by atoms with Gasteiger partial charge in [-0.15, -0.1) is 0 Å². The Bertz CT molecular complexity index is 776. The van der Waals surface area contributed by atoms with E-state index in [0.29, 0.717) is 24.5 Å². The lowest BCUT2D eigenvalue weighted by Gasteiger charge is -2.26. The van der Waals surface area contributed by atoms with Crippen molar-refractivity contribution >= 4 is 29.1 Å². The number of benzene rings is 2. The summed E-state index contributed by atoms with van der Waals surface area (Å²) in [6.45, 7) is 6.53. The summed E-state index contributed by atoms with van der Waals surface area (Å²) in [5.74, 6) is -0.194. The maximum absolute atomic E-state index is 12.8.